The minimum absolute atomic E-state index is 0.0436. The summed E-state index contributed by atoms with van der Waals surface area (Å²) in [6, 6.07) is 8.27. The Hall–Kier alpha value is -2.41. The van der Waals surface area contributed by atoms with E-state index >= 15 is 0 Å². The largest absolute Gasteiger partial charge is 0.497 e. The number of methoxy groups -OCH3 is 1. The van der Waals surface area contributed by atoms with Gasteiger partial charge in [-0.25, -0.2) is 19.6 Å². The summed E-state index contributed by atoms with van der Waals surface area (Å²) in [7, 11) is 1.60. The number of hydrogen-bond acceptors (Lipinski definition) is 5. The van der Waals surface area contributed by atoms with Gasteiger partial charge in [0.25, 0.3) is 0 Å². The zero-order valence-corrected chi connectivity index (χ0v) is 11.5. The lowest BCUT2D eigenvalue weighted by molar-refractivity contribution is 0.414. The highest BCUT2D eigenvalue weighted by Crippen LogP contribution is 2.18. The van der Waals surface area contributed by atoms with Crippen LogP contribution in [-0.2, 0) is 6.42 Å². The number of benzene rings is 1. The fraction of sp³-hybridized carbons (Fsp3) is 0.214. The van der Waals surface area contributed by atoms with Gasteiger partial charge in [0.05, 0.1) is 7.11 Å². The van der Waals surface area contributed by atoms with E-state index in [9.17, 15) is 8.78 Å². The number of nitrogens with one attached hydrogen (secondary N) is 2. The third-order valence-electron chi connectivity index (χ3n) is 2.93. The molecule has 0 amide bonds. The Morgan fingerprint density at radius 3 is 2.43 bits per heavy atom. The van der Waals surface area contributed by atoms with Gasteiger partial charge in [-0.05, 0) is 24.1 Å². The first-order chi connectivity index (χ1) is 10.1. The van der Waals surface area contributed by atoms with Crippen LogP contribution in [0.4, 0.5) is 20.4 Å². The van der Waals surface area contributed by atoms with E-state index < -0.39 is 11.6 Å². The summed E-state index contributed by atoms with van der Waals surface area (Å²) in [5.74, 6) is 4.03. The molecule has 1 aromatic heterocycles. The zero-order valence-electron chi connectivity index (χ0n) is 11.5. The number of rotatable bonds is 6. The molecule has 21 heavy (non-hydrogen) atoms. The van der Waals surface area contributed by atoms with Gasteiger partial charge < -0.3 is 15.5 Å². The molecule has 112 valence electrons. The second-order valence-corrected chi connectivity index (χ2v) is 4.32. The molecule has 0 fully saturated rings. The van der Waals surface area contributed by atoms with Crippen molar-refractivity contribution in [2.45, 2.75) is 6.42 Å². The molecule has 0 bridgehead atoms. The van der Waals surface area contributed by atoms with E-state index in [4.69, 9.17) is 10.6 Å². The summed E-state index contributed by atoms with van der Waals surface area (Å²) >= 11 is 0. The van der Waals surface area contributed by atoms with Gasteiger partial charge in [-0.1, -0.05) is 12.1 Å². The molecule has 0 radical (unpaired) electrons. The summed E-state index contributed by atoms with van der Waals surface area (Å²) in [5, 5.41) is 2.81. The first-order valence-corrected chi connectivity index (χ1v) is 6.33. The third-order valence-corrected chi connectivity index (χ3v) is 2.93. The van der Waals surface area contributed by atoms with E-state index in [2.05, 4.69) is 15.7 Å². The molecule has 2 aromatic rings. The molecule has 0 spiro atoms. The number of hydrogen-bond donors (Lipinski definition) is 3. The van der Waals surface area contributed by atoms with Crippen LogP contribution in [0.2, 0.25) is 0 Å². The van der Waals surface area contributed by atoms with Gasteiger partial charge in [0, 0.05) is 12.6 Å². The SMILES string of the molecule is COc1ccc(CCNc2nc(NN)c(F)cc2F)cc1. The second kappa shape index (κ2) is 6.85. The lowest BCUT2D eigenvalue weighted by Crippen LogP contribution is -2.14. The van der Waals surface area contributed by atoms with Gasteiger partial charge >= 0.3 is 0 Å². The average molecular weight is 294 g/mol. The Bertz CT molecular complexity index is 605. The molecule has 0 saturated heterocycles. The number of nitrogens with zero attached hydrogens (tertiary/aromatic N) is 1. The standard InChI is InChI=1S/C14H16F2N4O/c1-21-10-4-2-9(3-5-10)6-7-18-13-11(15)8-12(16)14(19-13)20-17/h2-5,8H,6-7,17H2,1H3,(H2,18,19,20). The summed E-state index contributed by atoms with van der Waals surface area (Å²) in [5.41, 5.74) is 3.14. The van der Waals surface area contributed by atoms with Crippen molar-refractivity contribution in [3.05, 3.63) is 47.5 Å². The number of hydrazine groups is 1. The molecule has 0 aliphatic carbocycles. The smallest absolute Gasteiger partial charge is 0.178 e. The van der Waals surface area contributed by atoms with Crippen LogP contribution in [0.3, 0.4) is 0 Å². The van der Waals surface area contributed by atoms with Crippen LogP contribution in [-0.4, -0.2) is 18.6 Å². The number of pyridine rings is 1. The van der Waals surface area contributed by atoms with Crippen molar-refractivity contribution in [1.29, 1.82) is 0 Å². The van der Waals surface area contributed by atoms with Crippen molar-refractivity contribution in [3.8, 4) is 5.75 Å². The third kappa shape index (κ3) is 3.79. The molecule has 0 unspecified atom stereocenters. The number of ether oxygens (including phenoxy) is 1. The lowest BCUT2D eigenvalue weighted by Gasteiger charge is -2.09. The fourth-order valence-corrected chi connectivity index (χ4v) is 1.81. The van der Waals surface area contributed by atoms with E-state index in [-0.39, 0.29) is 11.6 Å². The molecule has 0 atom stereocenters. The van der Waals surface area contributed by atoms with E-state index in [0.29, 0.717) is 13.0 Å². The highest BCUT2D eigenvalue weighted by atomic mass is 19.1. The van der Waals surface area contributed by atoms with Gasteiger partial charge in [-0.3, -0.25) is 0 Å². The van der Waals surface area contributed by atoms with Crippen molar-refractivity contribution in [2.24, 2.45) is 5.84 Å². The predicted octanol–water partition coefficient (Wildman–Crippen LogP) is 2.31. The maximum atomic E-state index is 13.5. The Labute approximate surface area is 121 Å². The maximum absolute atomic E-state index is 13.5. The second-order valence-electron chi connectivity index (χ2n) is 4.32. The van der Waals surface area contributed by atoms with E-state index in [0.717, 1.165) is 17.4 Å². The summed E-state index contributed by atoms with van der Waals surface area (Å²) in [6.07, 6.45) is 0.661. The summed E-state index contributed by atoms with van der Waals surface area (Å²) in [4.78, 5) is 3.73. The fourth-order valence-electron chi connectivity index (χ4n) is 1.81. The first kappa shape index (κ1) is 15.0. The van der Waals surface area contributed by atoms with Gasteiger partial charge in [0.1, 0.15) is 5.75 Å². The molecule has 1 aromatic carbocycles. The first-order valence-electron chi connectivity index (χ1n) is 6.33. The monoisotopic (exact) mass is 294 g/mol. The Kier molecular flexibility index (Phi) is 4.89. The molecule has 5 nitrogen and oxygen atoms in total. The van der Waals surface area contributed by atoms with Crippen molar-refractivity contribution in [2.75, 3.05) is 24.4 Å². The topological polar surface area (TPSA) is 72.2 Å². The molecule has 4 N–H and O–H groups in total. The zero-order chi connectivity index (χ0) is 15.2. The molecule has 0 aliphatic heterocycles. The Morgan fingerprint density at radius 1 is 1.14 bits per heavy atom. The normalized spacial score (nSPS) is 10.3. The van der Waals surface area contributed by atoms with E-state index in [1.165, 1.54) is 0 Å². The minimum atomic E-state index is -0.837. The van der Waals surface area contributed by atoms with Crippen molar-refractivity contribution in [3.63, 3.8) is 0 Å². The molecular formula is C14H16F2N4O. The Balaban J connectivity index is 1.96. The molecular weight excluding hydrogens is 278 g/mol. The summed E-state index contributed by atoms with van der Waals surface area (Å²) in [6.45, 7) is 0.450. The van der Waals surface area contributed by atoms with Crippen LogP contribution in [0.1, 0.15) is 5.56 Å². The van der Waals surface area contributed by atoms with Crippen LogP contribution < -0.4 is 21.3 Å². The van der Waals surface area contributed by atoms with Gasteiger partial charge in [-0.2, -0.15) is 0 Å². The van der Waals surface area contributed by atoms with Crippen LogP contribution in [0.5, 0.6) is 5.75 Å². The molecule has 1 heterocycles. The minimum Gasteiger partial charge on any atom is -0.497 e. The van der Waals surface area contributed by atoms with E-state index in [1.54, 1.807) is 7.11 Å². The highest BCUT2D eigenvalue weighted by molar-refractivity contribution is 5.47. The molecule has 0 saturated carbocycles. The molecule has 7 heteroatoms. The van der Waals surface area contributed by atoms with Crippen molar-refractivity contribution in [1.82, 2.24) is 4.98 Å². The molecule has 0 aliphatic rings. The quantitative estimate of drug-likeness (QED) is 0.563. The van der Waals surface area contributed by atoms with Crippen molar-refractivity contribution < 1.29 is 13.5 Å². The number of halogens is 2. The van der Waals surface area contributed by atoms with Crippen LogP contribution in [0, 0.1) is 11.6 Å². The van der Waals surface area contributed by atoms with Crippen molar-refractivity contribution >= 4 is 11.6 Å². The number of anilines is 2. The van der Waals surface area contributed by atoms with Crippen LogP contribution in [0.15, 0.2) is 30.3 Å². The Morgan fingerprint density at radius 2 is 1.81 bits per heavy atom. The lowest BCUT2D eigenvalue weighted by atomic mass is 10.1. The number of nitrogen functional groups attached to an aromatic ring is 1. The number of nitrogens with two attached hydrogens (primary N) is 1. The average Bonchev–Trinajstić information content (AvgIpc) is 2.50. The number of aromatic nitrogens is 1. The maximum Gasteiger partial charge on any atom is 0.178 e. The predicted molar refractivity (Wildman–Crippen MR) is 77.2 cm³/mol. The van der Waals surface area contributed by atoms with Gasteiger partial charge in [0.2, 0.25) is 0 Å². The highest BCUT2D eigenvalue weighted by Gasteiger charge is 2.10. The van der Waals surface area contributed by atoms with E-state index in [1.807, 2.05) is 24.3 Å². The van der Waals surface area contributed by atoms with Gasteiger partial charge in [0.15, 0.2) is 23.3 Å². The van der Waals surface area contributed by atoms with Crippen LogP contribution >= 0.6 is 0 Å². The van der Waals surface area contributed by atoms with Crippen LogP contribution in [0.25, 0.3) is 0 Å². The summed E-state index contributed by atoms with van der Waals surface area (Å²) < 4.78 is 31.8. The molecule has 2 rings (SSSR count). The van der Waals surface area contributed by atoms with Gasteiger partial charge in [-0.15, -0.1) is 0 Å².